The molecule has 1 aliphatic rings. The van der Waals surface area contributed by atoms with Crippen molar-refractivity contribution in [3.63, 3.8) is 0 Å². The van der Waals surface area contributed by atoms with E-state index in [-0.39, 0.29) is 17.4 Å². The number of benzene rings is 1. The molecule has 0 unspecified atom stereocenters. The number of phenols is 2. The molecule has 3 rings (SSSR count). The van der Waals surface area contributed by atoms with Crippen LogP contribution in [0.2, 0.25) is 0 Å². The minimum atomic E-state index is -0.195. The SMILES string of the molecule is C[C@@H]1CNC[C@H]1c1nc(-c2ccc(O)c(O)c2)no1. The lowest BCUT2D eigenvalue weighted by Crippen LogP contribution is -2.08. The molecule has 19 heavy (non-hydrogen) atoms. The molecular formula is C13H15N3O3. The summed E-state index contributed by atoms with van der Waals surface area (Å²) in [7, 11) is 0. The molecule has 0 aliphatic carbocycles. The molecular weight excluding hydrogens is 246 g/mol. The highest BCUT2D eigenvalue weighted by atomic mass is 16.5. The lowest BCUT2D eigenvalue weighted by molar-refractivity contribution is 0.340. The van der Waals surface area contributed by atoms with Gasteiger partial charge in [-0.15, -0.1) is 0 Å². The van der Waals surface area contributed by atoms with Crippen LogP contribution in [0.25, 0.3) is 11.4 Å². The average molecular weight is 261 g/mol. The summed E-state index contributed by atoms with van der Waals surface area (Å²) < 4.78 is 5.30. The Labute approximate surface area is 110 Å². The highest BCUT2D eigenvalue weighted by Crippen LogP contribution is 2.31. The molecule has 0 bridgehead atoms. The molecule has 2 aromatic rings. The van der Waals surface area contributed by atoms with Crippen molar-refractivity contribution in [2.45, 2.75) is 12.8 Å². The first kappa shape index (κ1) is 12.0. The lowest BCUT2D eigenvalue weighted by Gasteiger charge is -2.07. The Balaban J connectivity index is 1.90. The van der Waals surface area contributed by atoms with Gasteiger partial charge in [-0.1, -0.05) is 12.1 Å². The summed E-state index contributed by atoms with van der Waals surface area (Å²) in [6.45, 7) is 3.92. The minimum Gasteiger partial charge on any atom is -0.504 e. The van der Waals surface area contributed by atoms with Gasteiger partial charge in [0, 0.05) is 12.1 Å². The summed E-state index contributed by atoms with van der Waals surface area (Å²) in [5, 5.41) is 26.0. The number of aromatic nitrogens is 2. The fraction of sp³-hybridized carbons (Fsp3) is 0.385. The second kappa shape index (κ2) is 4.55. The number of rotatable bonds is 2. The fourth-order valence-electron chi connectivity index (χ4n) is 2.31. The van der Waals surface area contributed by atoms with Crippen molar-refractivity contribution < 1.29 is 14.7 Å². The second-order valence-electron chi connectivity index (χ2n) is 4.90. The average Bonchev–Trinajstić information content (AvgIpc) is 3.01. The van der Waals surface area contributed by atoms with Crippen LogP contribution in [0.3, 0.4) is 0 Å². The van der Waals surface area contributed by atoms with Crippen molar-refractivity contribution in [1.82, 2.24) is 15.5 Å². The standard InChI is InChI=1S/C13H15N3O3/c1-7-5-14-6-9(7)13-15-12(16-19-13)8-2-3-10(17)11(18)4-8/h2-4,7,9,14,17-18H,5-6H2,1H3/t7-,9-/m1/s1. The monoisotopic (exact) mass is 261 g/mol. The summed E-state index contributed by atoms with van der Waals surface area (Å²) in [4.78, 5) is 4.37. The topological polar surface area (TPSA) is 91.4 Å². The predicted molar refractivity (Wildman–Crippen MR) is 67.8 cm³/mol. The van der Waals surface area contributed by atoms with E-state index in [1.807, 2.05) is 0 Å². The molecule has 0 radical (unpaired) electrons. The van der Waals surface area contributed by atoms with Gasteiger partial charge in [-0.25, -0.2) is 0 Å². The van der Waals surface area contributed by atoms with Crippen LogP contribution in [0.15, 0.2) is 22.7 Å². The molecule has 1 saturated heterocycles. The van der Waals surface area contributed by atoms with E-state index < -0.39 is 0 Å². The van der Waals surface area contributed by atoms with Gasteiger partial charge in [0.15, 0.2) is 11.5 Å². The first-order chi connectivity index (χ1) is 9.15. The molecule has 2 heterocycles. The van der Waals surface area contributed by atoms with Gasteiger partial charge < -0.3 is 20.1 Å². The van der Waals surface area contributed by atoms with Crippen molar-refractivity contribution >= 4 is 0 Å². The van der Waals surface area contributed by atoms with Gasteiger partial charge in [0.25, 0.3) is 0 Å². The van der Waals surface area contributed by atoms with Gasteiger partial charge in [0.05, 0.1) is 5.92 Å². The molecule has 1 fully saturated rings. The van der Waals surface area contributed by atoms with E-state index in [4.69, 9.17) is 4.52 Å². The Morgan fingerprint density at radius 2 is 2.11 bits per heavy atom. The molecule has 0 saturated carbocycles. The Hall–Kier alpha value is -2.08. The molecule has 6 heteroatoms. The van der Waals surface area contributed by atoms with Crippen LogP contribution in [0.4, 0.5) is 0 Å². The van der Waals surface area contributed by atoms with E-state index in [1.54, 1.807) is 6.07 Å². The van der Waals surface area contributed by atoms with E-state index >= 15 is 0 Å². The van der Waals surface area contributed by atoms with Gasteiger partial charge in [0.2, 0.25) is 11.7 Å². The van der Waals surface area contributed by atoms with E-state index in [0.29, 0.717) is 23.2 Å². The third-order valence-corrected chi connectivity index (χ3v) is 3.51. The van der Waals surface area contributed by atoms with Gasteiger partial charge in [-0.2, -0.15) is 4.98 Å². The van der Waals surface area contributed by atoms with Crippen LogP contribution in [-0.2, 0) is 0 Å². The fourth-order valence-corrected chi connectivity index (χ4v) is 2.31. The molecule has 0 amide bonds. The van der Waals surface area contributed by atoms with Crippen LogP contribution >= 0.6 is 0 Å². The maximum absolute atomic E-state index is 9.48. The number of nitrogens with zero attached hydrogens (tertiary/aromatic N) is 2. The first-order valence-electron chi connectivity index (χ1n) is 6.22. The van der Waals surface area contributed by atoms with Crippen LogP contribution in [0, 0.1) is 5.92 Å². The number of hydrogen-bond donors (Lipinski definition) is 3. The summed E-state index contributed by atoms with van der Waals surface area (Å²) in [5.74, 6) is 1.36. The van der Waals surface area contributed by atoms with Crippen molar-refractivity contribution in [1.29, 1.82) is 0 Å². The zero-order valence-corrected chi connectivity index (χ0v) is 10.5. The summed E-state index contributed by atoms with van der Waals surface area (Å²) in [6, 6.07) is 4.46. The van der Waals surface area contributed by atoms with Gasteiger partial charge in [0.1, 0.15) is 0 Å². The zero-order valence-electron chi connectivity index (χ0n) is 10.5. The largest absolute Gasteiger partial charge is 0.504 e. The molecule has 2 atom stereocenters. The van der Waals surface area contributed by atoms with Crippen LogP contribution in [0.1, 0.15) is 18.7 Å². The number of nitrogens with one attached hydrogen (secondary N) is 1. The summed E-state index contributed by atoms with van der Waals surface area (Å²) >= 11 is 0. The molecule has 1 aromatic carbocycles. The first-order valence-corrected chi connectivity index (χ1v) is 6.22. The van der Waals surface area contributed by atoms with E-state index in [2.05, 4.69) is 22.4 Å². The third-order valence-electron chi connectivity index (χ3n) is 3.51. The maximum Gasteiger partial charge on any atom is 0.231 e. The summed E-state index contributed by atoms with van der Waals surface area (Å²) in [5.41, 5.74) is 0.615. The lowest BCUT2D eigenvalue weighted by atomic mass is 9.98. The van der Waals surface area contributed by atoms with Crippen molar-refractivity contribution in [3.05, 3.63) is 24.1 Å². The highest BCUT2D eigenvalue weighted by molar-refractivity contribution is 5.59. The number of aromatic hydroxyl groups is 2. The van der Waals surface area contributed by atoms with E-state index in [9.17, 15) is 10.2 Å². The minimum absolute atomic E-state index is 0.166. The normalized spacial score (nSPS) is 22.8. The van der Waals surface area contributed by atoms with E-state index in [0.717, 1.165) is 13.1 Å². The number of phenolic OH excluding ortho intramolecular Hbond substituents is 2. The third kappa shape index (κ3) is 2.15. The van der Waals surface area contributed by atoms with Gasteiger partial charge in [-0.05, 0) is 30.7 Å². The molecule has 1 aromatic heterocycles. The molecule has 0 spiro atoms. The molecule has 1 aliphatic heterocycles. The Morgan fingerprint density at radius 3 is 2.79 bits per heavy atom. The highest BCUT2D eigenvalue weighted by Gasteiger charge is 2.29. The van der Waals surface area contributed by atoms with Gasteiger partial charge >= 0.3 is 0 Å². The van der Waals surface area contributed by atoms with Crippen molar-refractivity contribution in [3.8, 4) is 22.9 Å². The molecule has 6 nitrogen and oxygen atoms in total. The maximum atomic E-state index is 9.48. The quantitative estimate of drug-likeness (QED) is 0.709. The van der Waals surface area contributed by atoms with Crippen molar-refractivity contribution in [2.75, 3.05) is 13.1 Å². The van der Waals surface area contributed by atoms with Gasteiger partial charge in [-0.3, -0.25) is 0 Å². The molecule has 3 N–H and O–H groups in total. The van der Waals surface area contributed by atoms with Crippen LogP contribution in [-0.4, -0.2) is 33.4 Å². The predicted octanol–water partition coefficient (Wildman–Crippen LogP) is 1.47. The zero-order chi connectivity index (χ0) is 13.4. The Bertz CT molecular complexity index is 597. The van der Waals surface area contributed by atoms with Crippen LogP contribution in [0.5, 0.6) is 11.5 Å². The summed E-state index contributed by atoms with van der Waals surface area (Å²) in [6.07, 6.45) is 0. The second-order valence-corrected chi connectivity index (χ2v) is 4.90. The van der Waals surface area contributed by atoms with Crippen molar-refractivity contribution in [2.24, 2.45) is 5.92 Å². The Morgan fingerprint density at radius 1 is 1.26 bits per heavy atom. The van der Waals surface area contributed by atoms with E-state index in [1.165, 1.54) is 12.1 Å². The molecule has 100 valence electrons. The van der Waals surface area contributed by atoms with Crippen LogP contribution < -0.4 is 5.32 Å². The number of hydrogen-bond acceptors (Lipinski definition) is 6. The Kier molecular flexibility index (Phi) is 2.87. The smallest absolute Gasteiger partial charge is 0.231 e.